The lowest BCUT2D eigenvalue weighted by Crippen LogP contribution is -2.15. The van der Waals surface area contributed by atoms with Crippen molar-refractivity contribution in [2.75, 3.05) is 13.2 Å². The van der Waals surface area contributed by atoms with Crippen molar-refractivity contribution in [1.82, 2.24) is 0 Å². The van der Waals surface area contributed by atoms with Gasteiger partial charge in [0.25, 0.3) is 0 Å². The van der Waals surface area contributed by atoms with Gasteiger partial charge >= 0.3 is 0 Å². The quantitative estimate of drug-likeness (QED) is 0.823. The fourth-order valence-corrected chi connectivity index (χ4v) is 2.74. The molecule has 0 amide bonds. The van der Waals surface area contributed by atoms with E-state index in [1.165, 1.54) is 22.3 Å². The summed E-state index contributed by atoms with van der Waals surface area (Å²) in [6.07, 6.45) is 2.01. The van der Waals surface area contributed by atoms with Crippen LogP contribution in [0.25, 0.3) is 0 Å². The van der Waals surface area contributed by atoms with Crippen LogP contribution in [0.3, 0.4) is 0 Å². The monoisotopic (exact) mass is 297 g/mol. The maximum atomic E-state index is 6.04. The van der Waals surface area contributed by atoms with Gasteiger partial charge in [-0.15, -0.1) is 0 Å². The third kappa shape index (κ3) is 4.11. The highest BCUT2D eigenvalue weighted by molar-refractivity contribution is 5.39. The second kappa shape index (κ2) is 8.00. The van der Waals surface area contributed by atoms with Crippen LogP contribution in [-0.2, 0) is 6.42 Å². The predicted molar refractivity (Wildman–Crippen MR) is 93.6 cm³/mol. The molecule has 2 aromatic carbocycles. The molecule has 1 unspecified atom stereocenters. The second-order valence-corrected chi connectivity index (χ2v) is 5.94. The highest BCUT2D eigenvalue weighted by atomic mass is 16.5. The van der Waals surface area contributed by atoms with Crippen molar-refractivity contribution in [3.05, 3.63) is 64.7 Å². The normalized spacial score (nSPS) is 12.2. The molecule has 0 aliphatic rings. The lowest BCUT2D eigenvalue weighted by atomic mass is 9.89. The first-order valence-corrected chi connectivity index (χ1v) is 8.13. The summed E-state index contributed by atoms with van der Waals surface area (Å²) in [5.74, 6) is 1.33. The Morgan fingerprint density at radius 2 is 1.82 bits per heavy atom. The van der Waals surface area contributed by atoms with Crippen LogP contribution in [0.5, 0.6) is 5.75 Å². The molecule has 0 bridgehead atoms. The van der Waals surface area contributed by atoms with Gasteiger partial charge in [0.15, 0.2) is 0 Å². The molecule has 2 N–H and O–H groups in total. The van der Waals surface area contributed by atoms with Crippen molar-refractivity contribution in [2.24, 2.45) is 5.73 Å². The maximum absolute atomic E-state index is 6.04. The molecule has 0 spiro atoms. The molecule has 0 aromatic heterocycles. The minimum Gasteiger partial charge on any atom is -0.493 e. The molecule has 1 atom stereocenters. The van der Waals surface area contributed by atoms with Crippen LogP contribution < -0.4 is 10.5 Å². The van der Waals surface area contributed by atoms with Gasteiger partial charge in [0.1, 0.15) is 5.75 Å². The Labute approximate surface area is 134 Å². The molecule has 0 aliphatic carbocycles. The van der Waals surface area contributed by atoms with Gasteiger partial charge in [-0.3, -0.25) is 0 Å². The summed E-state index contributed by atoms with van der Waals surface area (Å²) in [6, 6.07) is 15.0. The van der Waals surface area contributed by atoms with Gasteiger partial charge in [-0.25, -0.2) is 0 Å². The first-order chi connectivity index (χ1) is 10.7. The zero-order valence-corrected chi connectivity index (χ0v) is 13.9. The molecule has 0 fully saturated rings. The van der Waals surface area contributed by atoms with E-state index >= 15 is 0 Å². The summed E-state index contributed by atoms with van der Waals surface area (Å²) >= 11 is 0. The Kier molecular flexibility index (Phi) is 6.02. The number of hydrogen-bond donors (Lipinski definition) is 1. The zero-order chi connectivity index (χ0) is 15.9. The fourth-order valence-electron chi connectivity index (χ4n) is 2.74. The summed E-state index contributed by atoms with van der Waals surface area (Å²) in [6.45, 7) is 7.81. The molecule has 0 saturated carbocycles. The average Bonchev–Trinajstić information content (AvgIpc) is 2.53. The van der Waals surface area contributed by atoms with Gasteiger partial charge in [0.05, 0.1) is 6.61 Å². The van der Waals surface area contributed by atoms with Gasteiger partial charge < -0.3 is 10.5 Å². The summed E-state index contributed by atoms with van der Waals surface area (Å²) < 4.78 is 5.76. The Hall–Kier alpha value is -1.80. The molecule has 2 aromatic rings. The van der Waals surface area contributed by atoms with Crippen molar-refractivity contribution >= 4 is 0 Å². The number of nitrogens with two attached hydrogens (primary N) is 1. The van der Waals surface area contributed by atoms with E-state index in [1.54, 1.807) is 0 Å². The van der Waals surface area contributed by atoms with Gasteiger partial charge in [0, 0.05) is 5.92 Å². The van der Waals surface area contributed by atoms with Gasteiger partial charge in [-0.2, -0.15) is 0 Å². The topological polar surface area (TPSA) is 35.2 Å². The van der Waals surface area contributed by atoms with Crippen LogP contribution in [0.2, 0.25) is 0 Å². The molecular formula is C20H27NO. The smallest absolute Gasteiger partial charge is 0.122 e. The molecule has 118 valence electrons. The lowest BCUT2D eigenvalue weighted by molar-refractivity contribution is 0.315. The van der Waals surface area contributed by atoms with Crippen LogP contribution in [-0.4, -0.2) is 13.2 Å². The third-order valence-corrected chi connectivity index (χ3v) is 4.14. The van der Waals surface area contributed by atoms with E-state index in [0.29, 0.717) is 12.5 Å². The third-order valence-electron chi connectivity index (χ3n) is 4.14. The highest BCUT2D eigenvalue weighted by Gasteiger charge is 2.13. The molecule has 2 heteroatoms. The van der Waals surface area contributed by atoms with Gasteiger partial charge in [-0.05, 0) is 61.6 Å². The number of aryl methyl sites for hydroxylation is 2. The minimum absolute atomic E-state index is 0.347. The lowest BCUT2D eigenvalue weighted by Gasteiger charge is -2.18. The molecule has 0 aliphatic heterocycles. The molecule has 0 heterocycles. The van der Waals surface area contributed by atoms with E-state index in [4.69, 9.17) is 10.5 Å². The van der Waals surface area contributed by atoms with Gasteiger partial charge in [0.2, 0.25) is 0 Å². The number of hydrogen-bond acceptors (Lipinski definition) is 2. The summed E-state index contributed by atoms with van der Waals surface area (Å²) in [4.78, 5) is 0. The number of ether oxygens (including phenoxy) is 1. The molecular weight excluding hydrogens is 270 g/mol. The average molecular weight is 297 g/mol. The van der Waals surface area contributed by atoms with E-state index in [1.807, 2.05) is 0 Å². The summed E-state index contributed by atoms with van der Waals surface area (Å²) in [7, 11) is 0. The fraction of sp³-hybridized carbons (Fsp3) is 0.400. The van der Waals surface area contributed by atoms with Crippen LogP contribution in [0.1, 0.15) is 41.5 Å². The second-order valence-electron chi connectivity index (χ2n) is 5.94. The standard InChI is InChI=1S/C20H27NO/c1-4-11-22-20-10-9-18(12-16(20)3)19(14-21)13-17-8-6-5-7-15(17)2/h5-10,12,19H,4,11,13-14,21H2,1-3H3. The Morgan fingerprint density at radius 1 is 1.05 bits per heavy atom. The van der Waals surface area contributed by atoms with E-state index in [-0.39, 0.29) is 0 Å². The SMILES string of the molecule is CCCOc1ccc(C(CN)Cc2ccccc2C)cc1C. The molecule has 0 radical (unpaired) electrons. The van der Waals surface area contributed by atoms with E-state index in [2.05, 4.69) is 63.2 Å². The van der Waals surface area contributed by atoms with E-state index in [0.717, 1.165) is 25.2 Å². The Balaban J connectivity index is 2.17. The first-order valence-electron chi connectivity index (χ1n) is 8.13. The van der Waals surface area contributed by atoms with Crippen LogP contribution in [0, 0.1) is 13.8 Å². The van der Waals surface area contributed by atoms with Crippen molar-refractivity contribution < 1.29 is 4.74 Å². The highest BCUT2D eigenvalue weighted by Crippen LogP contribution is 2.27. The molecule has 22 heavy (non-hydrogen) atoms. The largest absolute Gasteiger partial charge is 0.493 e. The van der Waals surface area contributed by atoms with Crippen LogP contribution in [0.15, 0.2) is 42.5 Å². The first kappa shape index (κ1) is 16.6. The molecule has 2 nitrogen and oxygen atoms in total. The van der Waals surface area contributed by atoms with Crippen LogP contribution in [0.4, 0.5) is 0 Å². The number of rotatable bonds is 7. The van der Waals surface area contributed by atoms with Crippen molar-refractivity contribution in [2.45, 2.75) is 39.5 Å². The maximum Gasteiger partial charge on any atom is 0.122 e. The molecule has 2 rings (SSSR count). The summed E-state index contributed by atoms with van der Waals surface area (Å²) in [5, 5.41) is 0. The van der Waals surface area contributed by atoms with E-state index < -0.39 is 0 Å². The minimum atomic E-state index is 0.347. The van der Waals surface area contributed by atoms with E-state index in [9.17, 15) is 0 Å². The summed E-state index contributed by atoms with van der Waals surface area (Å²) in [5.41, 5.74) is 11.2. The van der Waals surface area contributed by atoms with Crippen molar-refractivity contribution in [3.8, 4) is 5.75 Å². The Bertz CT molecular complexity index is 606. The molecule has 0 saturated heterocycles. The zero-order valence-electron chi connectivity index (χ0n) is 13.9. The van der Waals surface area contributed by atoms with Crippen molar-refractivity contribution in [1.29, 1.82) is 0 Å². The van der Waals surface area contributed by atoms with Crippen LogP contribution >= 0.6 is 0 Å². The predicted octanol–water partition coefficient (Wildman–Crippen LogP) is 4.38. The Morgan fingerprint density at radius 3 is 2.45 bits per heavy atom. The van der Waals surface area contributed by atoms with Crippen molar-refractivity contribution in [3.63, 3.8) is 0 Å². The van der Waals surface area contributed by atoms with Gasteiger partial charge in [-0.1, -0.05) is 43.3 Å². The number of benzene rings is 2.